The van der Waals surface area contributed by atoms with Crippen LogP contribution in [0.4, 0.5) is 10.1 Å². The number of phenols is 2. The maximum absolute atomic E-state index is 12.9. The van der Waals surface area contributed by atoms with Crippen LogP contribution in [0, 0.1) is 5.82 Å². The van der Waals surface area contributed by atoms with Crippen molar-refractivity contribution in [2.75, 3.05) is 5.32 Å². The van der Waals surface area contributed by atoms with Crippen LogP contribution in [-0.2, 0) is 0 Å². The number of phenolic OH excluding ortho intramolecular Hbond substituents is 2. The minimum absolute atomic E-state index is 0.0169. The number of hydrogen-bond donors (Lipinski definition) is 3. The highest BCUT2D eigenvalue weighted by atomic mass is 35.5. The average molecular weight is 282 g/mol. The van der Waals surface area contributed by atoms with Crippen LogP contribution in [-0.4, -0.2) is 16.1 Å². The van der Waals surface area contributed by atoms with E-state index < -0.39 is 11.7 Å². The summed E-state index contributed by atoms with van der Waals surface area (Å²) in [6.07, 6.45) is 0. The first-order valence-corrected chi connectivity index (χ1v) is 5.64. The van der Waals surface area contributed by atoms with Gasteiger partial charge in [0.2, 0.25) is 0 Å². The molecule has 0 aliphatic heterocycles. The number of rotatable bonds is 2. The molecule has 19 heavy (non-hydrogen) atoms. The van der Waals surface area contributed by atoms with Crippen LogP contribution in [0.5, 0.6) is 11.5 Å². The molecule has 0 heterocycles. The van der Waals surface area contributed by atoms with Crippen molar-refractivity contribution < 1.29 is 19.4 Å². The van der Waals surface area contributed by atoms with Gasteiger partial charge in [0.1, 0.15) is 22.9 Å². The van der Waals surface area contributed by atoms with E-state index in [-0.39, 0.29) is 27.8 Å². The minimum atomic E-state index is -0.746. The van der Waals surface area contributed by atoms with Crippen molar-refractivity contribution in [1.29, 1.82) is 0 Å². The lowest BCUT2D eigenvalue weighted by molar-refractivity contribution is 0.102. The summed E-state index contributed by atoms with van der Waals surface area (Å²) < 4.78 is 12.9. The van der Waals surface area contributed by atoms with Gasteiger partial charge in [0.15, 0.2) is 0 Å². The fraction of sp³-hybridized carbons (Fsp3) is 0. The highest BCUT2D eigenvalue weighted by molar-refractivity contribution is 6.34. The molecule has 0 atom stereocenters. The SMILES string of the molecule is O=C(Nc1ccc(F)cc1Cl)c1c(O)cccc1O. The van der Waals surface area contributed by atoms with E-state index in [0.29, 0.717) is 0 Å². The highest BCUT2D eigenvalue weighted by Crippen LogP contribution is 2.29. The summed E-state index contributed by atoms with van der Waals surface area (Å²) in [5.41, 5.74) is -0.0985. The van der Waals surface area contributed by atoms with Crippen LogP contribution >= 0.6 is 11.6 Å². The average Bonchev–Trinajstić information content (AvgIpc) is 2.32. The van der Waals surface area contributed by atoms with E-state index in [4.69, 9.17) is 11.6 Å². The number of carbonyl (C=O) groups is 1. The smallest absolute Gasteiger partial charge is 0.263 e. The fourth-order valence-electron chi connectivity index (χ4n) is 1.54. The Kier molecular flexibility index (Phi) is 3.57. The van der Waals surface area contributed by atoms with Gasteiger partial charge >= 0.3 is 0 Å². The molecular weight excluding hydrogens is 273 g/mol. The molecule has 98 valence electrons. The normalized spacial score (nSPS) is 10.2. The van der Waals surface area contributed by atoms with E-state index >= 15 is 0 Å². The second-order valence-corrected chi connectivity index (χ2v) is 4.16. The molecule has 0 saturated heterocycles. The molecule has 2 rings (SSSR count). The number of aromatic hydroxyl groups is 2. The molecule has 3 N–H and O–H groups in total. The molecule has 0 aliphatic carbocycles. The number of hydrogen-bond acceptors (Lipinski definition) is 3. The van der Waals surface area contributed by atoms with E-state index in [1.807, 2.05) is 0 Å². The Labute approximate surface area is 113 Å². The van der Waals surface area contributed by atoms with Crippen molar-refractivity contribution in [2.24, 2.45) is 0 Å². The summed E-state index contributed by atoms with van der Waals surface area (Å²) in [5.74, 6) is -2.01. The predicted molar refractivity (Wildman–Crippen MR) is 69.1 cm³/mol. The Morgan fingerprint density at radius 1 is 1.16 bits per heavy atom. The molecule has 1 amide bonds. The molecule has 0 fully saturated rings. The van der Waals surface area contributed by atoms with Crippen molar-refractivity contribution in [3.63, 3.8) is 0 Å². The molecule has 0 aromatic heterocycles. The number of benzene rings is 2. The second kappa shape index (κ2) is 5.16. The van der Waals surface area contributed by atoms with Gasteiger partial charge in [-0.1, -0.05) is 17.7 Å². The quantitative estimate of drug-likeness (QED) is 0.792. The predicted octanol–water partition coefficient (Wildman–Crippen LogP) is 3.14. The standard InChI is InChI=1S/C13H9ClFNO3/c14-8-6-7(15)4-5-9(8)16-13(19)12-10(17)2-1-3-11(12)18/h1-6,17-18H,(H,16,19). The Bertz CT molecular complexity index is 626. The van der Waals surface area contributed by atoms with E-state index in [9.17, 15) is 19.4 Å². The summed E-state index contributed by atoms with van der Waals surface area (Å²) in [6, 6.07) is 7.38. The Hall–Kier alpha value is -2.27. The second-order valence-electron chi connectivity index (χ2n) is 3.75. The molecule has 0 radical (unpaired) electrons. The highest BCUT2D eigenvalue weighted by Gasteiger charge is 2.17. The Morgan fingerprint density at radius 2 is 1.79 bits per heavy atom. The third-order valence-corrected chi connectivity index (χ3v) is 2.74. The number of carbonyl (C=O) groups excluding carboxylic acids is 1. The minimum Gasteiger partial charge on any atom is -0.507 e. The van der Waals surface area contributed by atoms with Gasteiger partial charge in [-0.2, -0.15) is 0 Å². The van der Waals surface area contributed by atoms with Crippen molar-refractivity contribution in [3.8, 4) is 11.5 Å². The lowest BCUT2D eigenvalue weighted by Crippen LogP contribution is -2.12. The van der Waals surface area contributed by atoms with Crippen LogP contribution in [0.1, 0.15) is 10.4 Å². The van der Waals surface area contributed by atoms with Gasteiger partial charge in [0.05, 0.1) is 10.7 Å². The number of anilines is 1. The molecule has 2 aromatic carbocycles. The third-order valence-electron chi connectivity index (χ3n) is 2.43. The molecule has 4 nitrogen and oxygen atoms in total. The van der Waals surface area contributed by atoms with E-state index in [1.165, 1.54) is 24.3 Å². The molecule has 0 unspecified atom stereocenters. The van der Waals surface area contributed by atoms with Crippen molar-refractivity contribution in [2.45, 2.75) is 0 Å². The zero-order valence-electron chi connectivity index (χ0n) is 9.52. The molecule has 0 aliphatic rings. The largest absolute Gasteiger partial charge is 0.507 e. The number of nitrogens with one attached hydrogen (secondary N) is 1. The summed E-state index contributed by atoms with van der Waals surface area (Å²) >= 11 is 5.76. The van der Waals surface area contributed by atoms with E-state index in [1.54, 1.807) is 0 Å². The van der Waals surface area contributed by atoms with E-state index in [2.05, 4.69) is 5.32 Å². The first-order valence-electron chi connectivity index (χ1n) is 5.26. The Balaban J connectivity index is 2.31. The third kappa shape index (κ3) is 2.77. The summed E-state index contributed by atoms with van der Waals surface area (Å²) in [7, 11) is 0. The molecule has 0 bridgehead atoms. The molecule has 0 saturated carbocycles. The monoisotopic (exact) mass is 281 g/mol. The summed E-state index contributed by atoms with van der Waals surface area (Å²) in [4.78, 5) is 11.9. The van der Waals surface area contributed by atoms with Crippen molar-refractivity contribution in [3.05, 3.63) is 52.8 Å². The fourth-order valence-corrected chi connectivity index (χ4v) is 1.75. The number of amides is 1. The molecule has 2 aromatic rings. The Morgan fingerprint density at radius 3 is 2.37 bits per heavy atom. The van der Waals surface area contributed by atoms with Crippen LogP contribution in [0.3, 0.4) is 0 Å². The van der Waals surface area contributed by atoms with Gasteiger partial charge in [-0.25, -0.2) is 4.39 Å². The van der Waals surface area contributed by atoms with Gasteiger partial charge in [-0.3, -0.25) is 4.79 Å². The van der Waals surface area contributed by atoms with Crippen LogP contribution < -0.4 is 5.32 Å². The maximum atomic E-state index is 12.9. The first kappa shape index (κ1) is 13.2. The van der Waals surface area contributed by atoms with Gasteiger partial charge in [0, 0.05) is 0 Å². The van der Waals surface area contributed by atoms with Gasteiger partial charge < -0.3 is 15.5 Å². The summed E-state index contributed by atoms with van der Waals surface area (Å²) in [5, 5.41) is 21.5. The maximum Gasteiger partial charge on any atom is 0.263 e. The van der Waals surface area contributed by atoms with Crippen molar-refractivity contribution in [1.82, 2.24) is 0 Å². The van der Waals surface area contributed by atoms with Gasteiger partial charge in [-0.05, 0) is 30.3 Å². The molecule has 6 heteroatoms. The molecule has 0 spiro atoms. The first-order chi connectivity index (χ1) is 8.99. The lowest BCUT2D eigenvalue weighted by atomic mass is 10.1. The van der Waals surface area contributed by atoms with Crippen molar-refractivity contribution >= 4 is 23.2 Å². The number of halogens is 2. The van der Waals surface area contributed by atoms with Crippen LogP contribution in [0.2, 0.25) is 5.02 Å². The van der Waals surface area contributed by atoms with Crippen LogP contribution in [0.25, 0.3) is 0 Å². The molecular formula is C13H9ClFNO3. The topological polar surface area (TPSA) is 69.6 Å². The van der Waals surface area contributed by atoms with Crippen LogP contribution in [0.15, 0.2) is 36.4 Å². The van der Waals surface area contributed by atoms with E-state index in [0.717, 1.165) is 12.1 Å². The van der Waals surface area contributed by atoms with Gasteiger partial charge in [-0.15, -0.1) is 0 Å². The zero-order valence-corrected chi connectivity index (χ0v) is 10.3. The van der Waals surface area contributed by atoms with Gasteiger partial charge in [0.25, 0.3) is 5.91 Å². The zero-order chi connectivity index (χ0) is 14.0. The lowest BCUT2D eigenvalue weighted by Gasteiger charge is -2.09. The summed E-state index contributed by atoms with van der Waals surface area (Å²) in [6.45, 7) is 0.